The Bertz CT molecular complexity index is 307. The summed E-state index contributed by atoms with van der Waals surface area (Å²) in [4.78, 5) is 0. The summed E-state index contributed by atoms with van der Waals surface area (Å²) in [6, 6.07) is 8.21. The minimum atomic E-state index is 0.240. The quantitative estimate of drug-likeness (QED) is 0.702. The lowest BCUT2D eigenvalue weighted by Crippen LogP contribution is -2.05. The van der Waals surface area contributed by atoms with E-state index in [4.69, 9.17) is 4.74 Å². The van der Waals surface area contributed by atoms with Crippen LogP contribution < -0.4 is 4.74 Å². The zero-order valence-electron chi connectivity index (χ0n) is 9.37. The standard InChI is InChI=1S/C13H18O/c1-5-11(4)12-6-8-13(9-7-12)14-10(2)3/h5-10H,1-4H3. The molecule has 1 nitrogen and oxygen atoms in total. The molecule has 76 valence electrons. The second-order valence-electron chi connectivity index (χ2n) is 3.66. The van der Waals surface area contributed by atoms with Crippen molar-refractivity contribution in [1.82, 2.24) is 0 Å². The molecule has 0 saturated heterocycles. The van der Waals surface area contributed by atoms with Gasteiger partial charge in [0.05, 0.1) is 6.10 Å². The Kier molecular flexibility index (Phi) is 3.75. The zero-order valence-corrected chi connectivity index (χ0v) is 9.37. The van der Waals surface area contributed by atoms with Gasteiger partial charge in [-0.2, -0.15) is 0 Å². The molecule has 0 spiro atoms. The molecule has 0 fully saturated rings. The summed E-state index contributed by atoms with van der Waals surface area (Å²) in [5, 5.41) is 0. The maximum atomic E-state index is 5.56. The average Bonchev–Trinajstić information content (AvgIpc) is 2.17. The van der Waals surface area contributed by atoms with Crippen molar-refractivity contribution in [2.75, 3.05) is 0 Å². The highest BCUT2D eigenvalue weighted by atomic mass is 16.5. The smallest absolute Gasteiger partial charge is 0.119 e. The van der Waals surface area contributed by atoms with Crippen LogP contribution in [0.2, 0.25) is 0 Å². The molecule has 1 aromatic rings. The highest BCUT2D eigenvalue weighted by Crippen LogP contribution is 2.18. The number of rotatable bonds is 3. The lowest BCUT2D eigenvalue weighted by Gasteiger charge is -2.10. The SMILES string of the molecule is CC=C(C)c1ccc(OC(C)C)cc1. The van der Waals surface area contributed by atoms with Gasteiger partial charge in [0.1, 0.15) is 5.75 Å². The molecule has 0 bridgehead atoms. The number of benzene rings is 1. The van der Waals surface area contributed by atoms with E-state index in [0.717, 1.165) is 5.75 Å². The molecule has 0 amide bonds. The van der Waals surface area contributed by atoms with Gasteiger partial charge in [-0.15, -0.1) is 0 Å². The van der Waals surface area contributed by atoms with Crippen molar-refractivity contribution in [1.29, 1.82) is 0 Å². The summed E-state index contributed by atoms with van der Waals surface area (Å²) < 4.78 is 5.56. The molecule has 14 heavy (non-hydrogen) atoms. The molecule has 0 aliphatic heterocycles. The fraction of sp³-hybridized carbons (Fsp3) is 0.385. The number of allylic oxidation sites excluding steroid dienone is 2. The van der Waals surface area contributed by atoms with Crippen molar-refractivity contribution in [2.24, 2.45) is 0 Å². The molecule has 0 aliphatic carbocycles. The maximum absolute atomic E-state index is 5.56. The molecule has 1 heteroatoms. The lowest BCUT2D eigenvalue weighted by atomic mass is 10.1. The summed E-state index contributed by atoms with van der Waals surface area (Å²) in [6.45, 7) is 8.22. The highest BCUT2D eigenvalue weighted by molar-refractivity contribution is 5.63. The van der Waals surface area contributed by atoms with E-state index in [9.17, 15) is 0 Å². The summed E-state index contributed by atoms with van der Waals surface area (Å²) in [5.41, 5.74) is 2.55. The second-order valence-corrected chi connectivity index (χ2v) is 3.66. The highest BCUT2D eigenvalue weighted by Gasteiger charge is 1.98. The molecule has 0 N–H and O–H groups in total. The molecule has 0 aliphatic rings. The van der Waals surface area contributed by atoms with Crippen molar-refractivity contribution >= 4 is 5.57 Å². The normalized spacial score (nSPS) is 11.9. The fourth-order valence-electron chi connectivity index (χ4n) is 1.24. The minimum absolute atomic E-state index is 0.240. The van der Waals surface area contributed by atoms with Crippen LogP contribution in [0.1, 0.15) is 33.3 Å². The van der Waals surface area contributed by atoms with E-state index in [1.54, 1.807) is 0 Å². The van der Waals surface area contributed by atoms with Gasteiger partial charge in [0.15, 0.2) is 0 Å². The van der Waals surface area contributed by atoms with Crippen molar-refractivity contribution in [3.63, 3.8) is 0 Å². The van der Waals surface area contributed by atoms with Gasteiger partial charge >= 0.3 is 0 Å². The number of hydrogen-bond donors (Lipinski definition) is 0. The summed E-state index contributed by atoms with van der Waals surface area (Å²) in [5.74, 6) is 0.938. The third-order valence-corrected chi connectivity index (χ3v) is 2.11. The Labute approximate surface area is 86.4 Å². The summed E-state index contributed by atoms with van der Waals surface area (Å²) in [7, 11) is 0. The first-order valence-corrected chi connectivity index (χ1v) is 5.03. The van der Waals surface area contributed by atoms with Crippen molar-refractivity contribution < 1.29 is 4.74 Å². The molecular weight excluding hydrogens is 172 g/mol. The van der Waals surface area contributed by atoms with E-state index in [1.807, 2.05) is 32.9 Å². The van der Waals surface area contributed by atoms with E-state index in [0.29, 0.717) is 0 Å². The first-order chi connectivity index (χ1) is 6.63. The van der Waals surface area contributed by atoms with Gasteiger partial charge in [-0.25, -0.2) is 0 Å². The van der Waals surface area contributed by atoms with Gasteiger partial charge in [0.2, 0.25) is 0 Å². The molecule has 0 aromatic heterocycles. The second kappa shape index (κ2) is 4.85. The van der Waals surface area contributed by atoms with Crippen LogP contribution in [-0.2, 0) is 0 Å². The van der Waals surface area contributed by atoms with Crippen LogP contribution in [-0.4, -0.2) is 6.10 Å². The van der Waals surface area contributed by atoms with Crippen LogP contribution in [0.25, 0.3) is 5.57 Å². The summed E-state index contributed by atoms with van der Waals surface area (Å²) in [6.07, 6.45) is 2.35. The van der Waals surface area contributed by atoms with Crippen LogP contribution in [0.15, 0.2) is 30.3 Å². The number of hydrogen-bond acceptors (Lipinski definition) is 1. The van der Waals surface area contributed by atoms with Gasteiger partial charge in [-0.1, -0.05) is 18.2 Å². The summed E-state index contributed by atoms with van der Waals surface area (Å²) >= 11 is 0. The minimum Gasteiger partial charge on any atom is -0.491 e. The molecular formula is C13H18O. The third kappa shape index (κ3) is 2.91. The molecule has 0 radical (unpaired) electrons. The van der Waals surface area contributed by atoms with E-state index < -0.39 is 0 Å². The Morgan fingerprint density at radius 1 is 1.21 bits per heavy atom. The molecule has 0 heterocycles. The third-order valence-electron chi connectivity index (χ3n) is 2.11. The fourth-order valence-corrected chi connectivity index (χ4v) is 1.24. The largest absolute Gasteiger partial charge is 0.491 e. The first-order valence-electron chi connectivity index (χ1n) is 5.03. The van der Waals surface area contributed by atoms with Gasteiger partial charge in [0, 0.05) is 0 Å². The Hall–Kier alpha value is -1.24. The average molecular weight is 190 g/mol. The van der Waals surface area contributed by atoms with Gasteiger partial charge in [0.25, 0.3) is 0 Å². The molecule has 0 unspecified atom stereocenters. The Balaban J connectivity index is 2.78. The Morgan fingerprint density at radius 3 is 2.21 bits per heavy atom. The van der Waals surface area contributed by atoms with Crippen LogP contribution in [0.5, 0.6) is 5.75 Å². The van der Waals surface area contributed by atoms with Crippen molar-refractivity contribution in [3.05, 3.63) is 35.9 Å². The predicted molar refractivity (Wildman–Crippen MR) is 61.5 cm³/mol. The van der Waals surface area contributed by atoms with Crippen molar-refractivity contribution in [3.8, 4) is 5.75 Å². The zero-order chi connectivity index (χ0) is 10.6. The molecule has 1 aromatic carbocycles. The van der Waals surface area contributed by atoms with E-state index in [-0.39, 0.29) is 6.10 Å². The van der Waals surface area contributed by atoms with Crippen LogP contribution in [0.3, 0.4) is 0 Å². The van der Waals surface area contributed by atoms with E-state index in [1.165, 1.54) is 11.1 Å². The van der Waals surface area contributed by atoms with Gasteiger partial charge in [-0.3, -0.25) is 0 Å². The maximum Gasteiger partial charge on any atom is 0.119 e. The number of ether oxygens (including phenoxy) is 1. The van der Waals surface area contributed by atoms with E-state index >= 15 is 0 Å². The predicted octanol–water partition coefficient (Wildman–Crippen LogP) is 3.90. The van der Waals surface area contributed by atoms with Crippen molar-refractivity contribution in [2.45, 2.75) is 33.8 Å². The lowest BCUT2D eigenvalue weighted by molar-refractivity contribution is 0.242. The monoisotopic (exact) mass is 190 g/mol. The van der Waals surface area contributed by atoms with Crippen LogP contribution >= 0.6 is 0 Å². The first kappa shape index (κ1) is 10.8. The topological polar surface area (TPSA) is 9.23 Å². The molecule has 1 rings (SSSR count). The van der Waals surface area contributed by atoms with E-state index in [2.05, 4.69) is 25.1 Å². The Morgan fingerprint density at radius 2 is 1.79 bits per heavy atom. The van der Waals surface area contributed by atoms with Crippen LogP contribution in [0.4, 0.5) is 0 Å². The van der Waals surface area contributed by atoms with Gasteiger partial charge in [-0.05, 0) is 51.0 Å². The molecule has 0 saturated carbocycles. The molecule has 0 atom stereocenters. The van der Waals surface area contributed by atoms with Gasteiger partial charge < -0.3 is 4.74 Å². The van der Waals surface area contributed by atoms with Crippen LogP contribution in [0, 0.1) is 0 Å².